The van der Waals surface area contributed by atoms with Crippen LogP contribution in [-0.4, -0.2) is 5.11 Å². The lowest BCUT2D eigenvalue weighted by Crippen LogP contribution is -2.18. The Hall–Kier alpha value is -1.52. The van der Waals surface area contributed by atoms with Gasteiger partial charge in [0.15, 0.2) is 0 Å². The van der Waals surface area contributed by atoms with E-state index in [0.717, 1.165) is 0 Å². The first-order valence-electron chi connectivity index (χ1n) is 4.29. The van der Waals surface area contributed by atoms with E-state index in [-0.39, 0.29) is 0 Å². The summed E-state index contributed by atoms with van der Waals surface area (Å²) in [5.41, 5.74) is 5.77. The fraction of sp³-hybridized carbons (Fsp3) is 0.200. The Labute approximate surface area is 80.9 Å². The molecule has 2 aromatic heterocycles. The maximum absolute atomic E-state index is 9.77. The molecule has 0 aliphatic heterocycles. The van der Waals surface area contributed by atoms with Crippen LogP contribution in [0.2, 0.25) is 0 Å². The topological polar surface area (TPSA) is 72.5 Å². The van der Waals surface area contributed by atoms with Crippen molar-refractivity contribution in [1.82, 2.24) is 0 Å². The predicted octanol–water partition coefficient (Wildman–Crippen LogP) is 1.61. The summed E-state index contributed by atoms with van der Waals surface area (Å²) in [5.74, 6) is 0.975. The molecule has 0 unspecified atom stereocenters. The number of aliphatic hydroxyl groups is 1. The van der Waals surface area contributed by atoms with Crippen LogP contribution in [0.1, 0.15) is 23.7 Å². The van der Waals surface area contributed by atoms with E-state index < -0.39 is 12.1 Å². The Morgan fingerprint density at radius 3 is 2.14 bits per heavy atom. The molecule has 2 rings (SSSR count). The molecule has 2 heterocycles. The second-order valence-corrected chi connectivity index (χ2v) is 3.00. The maximum Gasteiger partial charge on any atom is 0.134 e. The third-order valence-corrected chi connectivity index (χ3v) is 2.05. The number of hydrogen-bond donors (Lipinski definition) is 2. The van der Waals surface area contributed by atoms with Gasteiger partial charge < -0.3 is 19.7 Å². The fourth-order valence-electron chi connectivity index (χ4n) is 1.27. The summed E-state index contributed by atoms with van der Waals surface area (Å²) >= 11 is 0. The third-order valence-electron chi connectivity index (χ3n) is 2.05. The second-order valence-electron chi connectivity index (χ2n) is 3.00. The normalized spacial score (nSPS) is 15.3. The van der Waals surface area contributed by atoms with Crippen LogP contribution in [0.4, 0.5) is 0 Å². The molecule has 0 aliphatic carbocycles. The molecule has 0 fully saturated rings. The zero-order valence-electron chi connectivity index (χ0n) is 7.46. The molecule has 4 heteroatoms. The highest BCUT2D eigenvalue weighted by molar-refractivity contribution is 5.12. The quantitative estimate of drug-likeness (QED) is 0.776. The van der Waals surface area contributed by atoms with E-state index in [1.165, 1.54) is 12.5 Å². The average molecular weight is 193 g/mol. The molecule has 74 valence electrons. The van der Waals surface area contributed by atoms with E-state index in [1.807, 2.05) is 0 Å². The van der Waals surface area contributed by atoms with Gasteiger partial charge in [-0.2, -0.15) is 0 Å². The zero-order chi connectivity index (χ0) is 9.97. The molecule has 0 aromatic carbocycles. The zero-order valence-corrected chi connectivity index (χ0v) is 7.46. The van der Waals surface area contributed by atoms with Crippen LogP contribution in [-0.2, 0) is 0 Å². The third kappa shape index (κ3) is 1.57. The molecule has 0 saturated carbocycles. The van der Waals surface area contributed by atoms with Crippen molar-refractivity contribution in [2.24, 2.45) is 5.73 Å². The highest BCUT2D eigenvalue weighted by Crippen LogP contribution is 2.26. The SMILES string of the molecule is N[C@H](c1ccco1)[C@H](O)c1ccco1. The summed E-state index contributed by atoms with van der Waals surface area (Å²) in [6.07, 6.45) is 2.13. The predicted molar refractivity (Wildman–Crippen MR) is 49.3 cm³/mol. The van der Waals surface area contributed by atoms with E-state index >= 15 is 0 Å². The minimum absolute atomic E-state index is 0.439. The van der Waals surface area contributed by atoms with Gasteiger partial charge in [-0.05, 0) is 24.3 Å². The van der Waals surface area contributed by atoms with Crippen LogP contribution in [0.5, 0.6) is 0 Å². The van der Waals surface area contributed by atoms with E-state index in [1.54, 1.807) is 24.3 Å². The van der Waals surface area contributed by atoms with E-state index in [0.29, 0.717) is 11.5 Å². The first kappa shape index (κ1) is 9.05. The standard InChI is InChI=1S/C10H11NO3/c11-9(7-3-1-5-13-7)10(12)8-4-2-6-14-8/h1-6,9-10,12H,11H2/t9-,10-/m1/s1. The maximum atomic E-state index is 9.77. The first-order valence-corrected chi connectivity index (χ1v) is 4.29. The Bertz CT molecular complexity index is 328. The molecule has 0 bridgehead atoms. The smallest absolute Gasteiger partial charge is 0.134 e. The van der Waals surface area contributed by atoms with E-state index in [9.17, 15) is 5.11 Å². The van der Waals surface area contributed by atoms with Crippen LogP contribution in [0, 0.1) is 0 Å². The van der Waals surface area contributed by atoms with Crippen molar-refractivity contribution in [3.05, 3.63) is 48.3 Å². The lowest BCUT2D eigenvalue weighted by atomic mass is 10.1. The van der Waals surface area contributed by atoms with Crippen molar-refractivity contribution in [3.8, 4) is 0 Å². The largest absolute Gasteiger partial charge is 0.468 e. The highest BCUT2D eigenvalue weighted by Gasteiger charge is 2.22. The number of aliphatic hydroxyl groups excluding tert-OH is 1. The van der Waals surface area contributed by atoms with Gasteiger partial charge in [-0.3, -0.25) is 0 Å². The van der Waals surface area contributed by atoms with Gasteiger partial charge in [0.05, 0.1) is 18.6 Å². The Morgan fingerprint density at radius 1 is 1.07 bits per heavy atom. The Kier molecular flexibility index (Phi) is 2.39. The van der Waals surface area contributed by atoms with Crippen LogP contribution in [0.25, 0.3) is 0 Å². The lowest BCUT2D eigenvalue weighted by molar-refractivity contribution is 0.112. The van der Waals surface area contributed by atoms with Gasteiger partial charge >= 0.3 is 0 Å². The second kappa shape index (κ2) is 3.69. The van der Waals surface area contributed by atoms with Gasteiger partial charge in [0.25, 0.3) is 0 Å². The number of rotatable bonds is 3. The minimum Gasteiger partial charge on any atom is -0.468 e. The lowest BCUT2D eigenvalue weighted by Gasteiger charge is -2.13. The van der Waals surface area contributed by atoms with Crippen molar-refractivity contribution in [3.63, 3.8) is 0 Å². The van der Waals surface area contributed by atoms with Crippen molar-refractivity contribution in [1.29, 1.82) is 0 Å². The Morgan fingerprint density at radius 2 is 1.64 bits per heavy atom. The monoisotopic (exact) mass is 193 g/mol. The summed E-state index contributed by atoms with van der Waals surface area (Å²) in [5, 5.41) is 9.77. The summed E-state index contributed by atoms with van der Waals surface area (Å²) in [6.45, 7) is 0. The molecule has 2 aromatic rings. The number of furan rings is 2. The van der Waals surface area contributed by atoms with Crippen LogP contribution in [0.15, 0.2) is 45.6 Å². The fourth-order valence-corrected chi connectivity index (χ4v) is 1.27. The van der Waals surface area contributed by atoms with Crippen LogP contribution >= 0.6 is 0 Å². The van der Waals surface area contributed by atoms with Gasteiger partial charge in [-0.25, -0.2) is 0 Å². The van der Waals surface area contributed by atoms with Crippen molar-refractivity contribution in [2.45, 2.75) is 12.1 Å². The Balaban J connectivity index is 2.16. The molecule has 0 aliphatic rings. The van der Waals surface area contributed by atoms with Crippen LogP contribution < -0.4 is 5.73 Å². The molecule has 3 N–H and O–H groups in total. The van der Waals surface area contributed by atoms with Crippen molar-refractivity contribution >= 4 is 0 Å². The molecule has 4 nitrogen and oxygen atoms in total. The molecule has 0 saturated heterocycles. The molecule has 0 amide bonds. The van der Waals surface area contributed by atoms with Crippen LogP contribution in [0.3, 0.4) is 0 Å². The summed E-state index contributed by atoms with van der Waals surface area (Å²) in [4.78, 5) is 0. The molecule has 0 radical (unpaired) electrons. The first-order chi connectivity index (χ1) is 6.79. The van der Waals surface area contributed by atoms with Crippen molar-refractivity contribution in [2.75, 3.05) is 0 Å². The summed E-state index contributed by atoms with van der Waals surface area (Å²) in [7, 11) is 0. The van der Waals surface area contributed by atoms with Gasteiger partial charge in [-0.1, -0.05) is 0 Å². The van der Waals surface area contributed by atoms with Crippen molar-refractivity contribution < 1.29 is 13.9 Å². The number of nitrogens with two attached hydrogens (primary N) is 1. The molecule has 14 heavy (non-hydrogen) atoms. The van der Waals surface area contributed by atoms with Gasteiger partial charge in [0.2, 0.25) is 0 Å². The van der Waals surface area contributed by atoms with Gasteiger partial charge in [-0.15, -0.1) is 0 Å². The highest BCUT2D eigenvalue weighted by atomic mass is 16.4. The van der Waals surface area contributed by atoms with Gasteiger partial charge in [0, 0.05) is 0 Å². The molecule has 2 atom stereocenters. The van der Waals surface area contributed by atoms with E-state index in [4.69, 9.17) is 14.6 Å². The summed E-state index contributed by atoms with van der Waals surface area (Å²) < 4.78 is 10.1. The molecule has 0 spiro atoms. The molecular weight excluding hydrogens is 182 g/mol. The number of hydrogen-bond acceptors (Lipinski definition) is 4. The minimum atomic E-state index is -0.879. The van der Waals surface area contributed by atoms with E-state index in [2.05, 4.69) is 0 Å². The summed E-state index contributed by atoms with van der Waals surface area (Å²) in [6, 6.07) is 6.22. The average Bonchev–Trinajstić information content (AvgIpc) is 2.87. The molecular formula is C10H11NO3. The van der Waals surface area contributed by atoms with Gasteiger partial charge in [0.1, 0.15) is 17.6 Å².